The molecule has 0 N–H and O–H groups in total. The van der Waals surface area contributed by atoms with Gasteiger partial charge in [0.2, 0.25) is 0 Å². The number of nitriles is 1. The van der Waals surface area contributed by atoms with Crippen molar-refractivity contribution in [1.29, 1.82) is 5.26 Å². The predicted molar refractivity (Wildman–Crippen MR) is 67.2 cm³/mol. The summed E-state index contributed by atoms with van der Waals surface area (Å²) in [6.45, 7) is 8.15. The lowest BCUT2D eigenvalue weighted by atomic mass is 10.1. The van der Waals surface area contributed by atoms with Gasteiger partial charge in [0, 0.05) is 0 Å². The van der Waals surface area contributed by atoms with Gasteiger partial charge in [0.25, 0.3) is 0 Å². The Bertz CT molecular complexity index is 592. The zero-order chi connectivity index (χ0) is 12.6. The van der Waals surface area contributed by atoms with E-state index >= 15 is 0 Å². The van der Waals surface area contributed by atoms with Crippen molar-refractivity contribution in [2.24, 2.45) is 0 Å². The van der Waals surface area contributed by atoms with Crippen LogP contribution in [0.25, 0.3) is 5.69 Å². The van der Waals surface area contributed by atoms with Crippen LogP contribution in [0.4, 0.5) is 0 Å². The number of nitrogens with zero attached hydrogens (tertiary/aromatic N) is 3. The molecule has 0 amide bonds. The average molecular weight is 225 g/mol. The molecule has 0 spiro atoms. The van der Waals surface area contributed by atoms with Crippen molar-refractivity contribution in [2.75, 3.05) is 0 Å². The third-order valence-electron chi connectivity index (χ3n) is 2.98. The second-order valence-corrected chi connectivity index (χ2v) is 4.41. The Morgan fingerprint density at radius 3 is 2.18 bits per heavy atom. The van der Waals surface area contributed by atoms with Crippen LogP contribution < -0.4 is 0 Å². The van der Waals surface area contributed by atoms with Crippen LogP contribution in [0.5, 0.6) is 0 Å². The van der Waals surface area contributed by atoms with E-state index in [0.29, 0.717) is 5.56 Å². The van der Waals surface area contributed by atoms with E-state index in [1.165, 1.54) is 16.7 Å². The Hall–Kier alpha value is -2.08. The van der Waals surface area contributed by atoms with E-state index in [4.69, 9.17) is 5.26 Å². The van der Waals surface area contributed by atoms with Gasteiger partial charge in [-0.05, 0) is 38.8 Å². The van der Waals surface area contributed by atoms with Crippen LogP contribution in [-0.2, 0) is 0 Å². The van der Waals surface area contributed by atoms with E-state index in [0.717, 1.165) is 11.4 Å². The number of benzene rings is 1. The smallest absolute Gasteiger partial charge is 0.103 e. The van der Waals surface area contributed by atoms with Crippen molar-refractivity contribution in [3.63, 3.8) is 0 Å². The van der Waals surface area contributed by atoms with Crippen LogP contribution in [0.3, 0.4) is 0 Å². The fraction of sp³-hybridized carbons (Fsp3) is 0.286. The minimum atomic E-state index is 0.629. The standard InChI is InChI=1S/C14H15N3/c1-9-5-10(2)14(11(3)6-9)17-12(4)13(7-15)8-16-17/h5-6,8H,1-4H3. The van der Waals surface area contributed by atoms with Gasteiger partial charge in [-0.3, -0.25) is 0 Å². The third kappa shape index (κ3) is 1.83. The maximum absolute atomic E-state index is 8.96. The average Bonchev–Trinajstić information content (AvgIpc) is 2.59. The molecule has 0 aliphatic heterocycles. The molecule has 0 unspecified atom stereocenters. The molecule has 0 atom stereocenters. The minimum absolute atomic E-state index is 0.629. The lowest BCUT2D eigenvalue weighted by molar-refractivity contribution is 0.832. The highest BCUT2D eigenvalue weighted by Crippen LogP contribution is 2.22. The molecule has 3 heteroatoms. The van der Waals surface area contributed by atoms with Gasteiger partial charge in [0.15, 0.2) is 0 Å². The van der Waals surface area contributed by atoms with Gasteiger partial charge in [0.05, 0.1) is 23.1 Å². The summed E-state index contributed by atoms with van der Waals surface area (Å²) >= 11 is 0. The summed E-state index contributed by atoms with van der Waals surface area (Å²) in [5.41, 5.74) is 6.20. The largest absolute Gasteiger partial charge is 0.236 e. The lowest BCUT2D eigenvalue weighted by Gasteiger charge is -2.12. The number of hydrogen-bond donors (Lipinski definition) is 0. The predicted octanol–water partition coefficient (Wildman–Crippen LogP) is 2.98. The molecule has 1 heterocycles. The van der Waals surface area contributed by atoms with Gasteiger partial charge >= 0.3 is 0 Å². The summed E-state index contributed by atoms with van der Waals surface area (Å²) in [5.74, 6) is 0. The molecule has 0 bridgehead atoms. The first-order chi connectivity index (χ1) is 8.04. The maximum Gasteiger partial charge on any atom is 0.103 e. The second kappa shape index (κ2) is 4.06. The first-order valence-corrected chi connectivity index (χ1v) is 5.57. The molecule has 86 valence electrons. The SMILES string of the molecule is Cc1cc(C)c(-n2ncc(C#N)c2C)c(C)c1. The Morgan fingerprint density at radius 2 is 1.71 bits per heavy atom. The molecule has 1 aromatic heterocycles. The van der Waals surface area contributed by atoms with Crippen molar-refractivity contribution >= 4 is 0 Å². The highest BCUT2D eigenvalue weighted by Gasteiger charge is 2.12. The normalized spacial score (nSPS) is 10.3. The van der Waals surface area contributed by atoms with Crippen molar-refractivity contribution in [2.45, 2.75) is 27.7 Å². The van der Waals surface area contributed by atoms with Crippen LogP contribution in [0.15, 0.2) is 18.3 Å². The van der Waals surface area contributed by atoms with Gasteiger partial charge in [0.1, 0.15) is 6.07 Å². The lowest BCUT2D eigenvalue weighted by Crippen LogP contribution is -2.04. The van der Waals surface area contributed by atoms with Gasteiger partial charge in [-0.2, -0.15) is 10.4 Å². The van der Waals surface area contributed by atoms with Crippen LogP contribution in [0, 0.1) is 39.0 Å². The maximum atomic E-state index is 8.96. The quantitative estimate of drug-likeness (QED) is 0.748. The number of rotatable bonds is 1. The van der Waals surface area contributed by atoms with Crippen molar-refractivity contribution in [1.82, 2.24) is 9.78 Å². The molecule has 2 rings (SSSR count). The van der Waals surface area contributed by atoms with E-state index < -0.39 is 0 Å². The van der Waals surface area contributed by atoms with Crippen LogP contribution in [0.1, 0.15) is 27.9 Å². The highest BCUT2D eigenvalue weighted by molar-refractivity contribution is 5.50. The Labute approximate surface area is 101 Å². The van der Waals surface area contributed by atoms with Crippen molar-refractivity contribution in [3.8, 4) is 11.8 Å². The molecule has 0 fully saturated rings. The zero-order valence-corrected chi connectivity index (χ0v) is 10.6. The fourth-order valence-corrected chi connectivity index (χ4v) is 2.25. The zero-order valence-electron chi connectivity index (χ0n) is 10.6. The van der Waals surface area contributed by atoms with Crippen LogP contribution in [-0.4, -0.2) is 9.78 Å². The summed E-state index contributed by atoms with van der Waals surface area (Å²) in [6, 6.07) is 6.42. The minimum Gasteiger partial charge on any atom is -0.236 e. The number of aromatic nitrogens is 2. The molecular formula is C14H15N3. The van der Waals surface area contributed by atoms with Gasteiger partial charge in [-0.25, -0.2) is 4.68 Å². The monoisotopic (exact) mass is 225 g/mol. The molecule has 2 aromatic rings. The number of aryl methyl sites for hydroxylation is 3. The fourth-order valence-electron chi connectivity index (χ4n) is 2.25. The van der Waals surface area contributed by atoms with Crippen LogP contribution in [0.2, 0.25) is 0 Å². The molecule has 3 nitrogen and oxygen atoms in total. The van der Waals surface area contributed by atoms with Gasteiger partial charge < -0.3 is 0 Å². The van der Waals surface area contributed by atoms with E-state index in [-0.39, 0.29) is 0 Å². The van der Waals surface area contributed by atoms with Crippen molar-refractivity contribution < 1.29 is 0 Å². The van der Waals surface area contributed by atoms with E-state index in [1.54, 1.807) is 6.20 Å². The topological polar surface area (TPSA) is 41.6 Å². The molecule has 0 aliphatic carbocycles. The summed E-state index contributed by atoms with van der Waals surface area (Å²) < 4.78 is 1.85. The molecule has 1 aromatic carbocycles. The third-order valence-corrected chi connectivity index (χ3v) is 2.98. The molecule has 0 radical (unpaired) electrons. The summed E-state index contributed by atoms with van der Waals surface area (Å²) in [4.78, 5) is 0. The molecule has 17 heavy (non-hydrogen) atoms. The Kier molecular flexibility index (Phi) is 2.72. The van der Waals surface area contributed by atoms with E-state index in [9.17, 15) is 0 Å². The van der Waals surface area contributed by atoms with E-state index in [1.807, 2.05) is 11.6 Å². The summed E-state index contributed by atoms with van der Waals surface area (Å²) in [7, 11) is 0. The Balaban J connectivity index is 2.69. The molecule has 0 saturated heterocycles. The van der Waals surface area contributed by atoms with Gasteiger partial charge in [-0.15, -0.1) is 0 Å². The summed E-state index contributed by atoms with van der Waals surface area (Å²) in [6.07, 6.45) is 1.62. The van der Waals surface area contributed by atoms with Crippen molar-refractivity contribution in [3.05, 3.63) is 46.3 Å². The highest BCUT2D eigenvalue weighted by atomic mass is 15.3. The first-order valence-electron chi connectivity index (χ1n) is 5.57. The first kappa shape index (κ1) is 11.4. The Morgan fingerprint density at radius 1 is 1.12 bits per heavy atom. The number of hydrogen-bond acceptors (Lipinski definition) is 2. The van der Waals surface area contributed by atoms with Gasteiger partial charge in [-0.1, -0.05) is 17.7 Å². The summed E-state index contributed by atoms with van der Waals surface area (Å²) in [5, 5.41) is 13.3. The molecule has 0 saturated carbocycles. The van der Waals surface area contributed by atoms with E-state index in [2.05, 4.69) is 44.1 Å². The second-order valence-electron chi connectivity index (χ2n) is 4.41. The van der Waals surface area contributed by atoms with Crippen LogP contribution >= 0.6 is 0 Å². The molecular weight excluding hydrogens is 210 g/mol. The molecule has 0 aliphatic rings.